The highest BCUT2D eigenvalue weighted by Gasteiger charge is 2.31. The lowest BCUT2D eigenvalue weighted by Crippen LogP contribution is -2.44. The maximum atomic E-state index is 13.1. The van der Waals surface area contributed by atoms with Gasteiger partial charge in [0.05, 0.1) is 10.9 Å². The number of carbonyl (C=O) groups excluding carboxylic acids is 1. The van der Waals surface area contributed by atoms with Crippen LogP contribution in [0.15, 0.2) is 18.7 Å². The second-order valence-electron chi connectivity index (χ2n) is 7.20. The highest BCUT2D eigenvalue weighted by Crippen LogP contribution is 2.28. The van der Waals surface area contributed by atoms with Crippen molar-refractivity contribution < 1.29 is 4.79 Å². The first-order valence-electron chi connectivity index (χ1n) is 10.2. The molecular weight excluding hydrogens is 400 g/mol. The first-order chi connectivity index (χ1) is 14.5. The predicted octanol–water partition coefficient (Wildman–Crippen LogP) is 2.72. The maximum absolute atomic E-state index is 13.1. The average molecular weight is 427 g/mol. The molecule has 0 spiro atoms. The first kappa shape index (κ1) is 20.5. The minimum atomic E-state index is -0.359. The number of thioether (sulfide) groups is 1. The van der Waals surface area contributed by atoms with Gasteiger partial charge < -0.3 is 14.8 Å². The monoisotopic (exact) mass is 426 g/mol. The molecule has 4 rings (SSSR count). The van der Waals surface area contributed by atoms with Crippen molar-refractivity contribution in [3.8, 4) is 11.4 Å². The molecule has 10 heteroatoms. The Morgan fingerprint density at radius 1 is 1.27 bits per heavy atom. The van der Waals surface area contributed by atoms with Crippen LogP contribution in [0.3, 0.4) is 0 Å². The summed E-state index contributed by atoms with van der Waals surface area (Å²) in [6.07, 6.45) is 5.70. The molecule has 2 unspecified atom stereocenters. The van der Waals surface area contributed by atoms with E-state index in [-0.39, 0.29) is 17.3 Å². The number of carbonyl (C=O) groups is 1. The van der Waals surface area contributed by atoms with E-state index in [2.05, 4.69) is 32.2 Å². The van der Waals surface area contributed by atoms with Crippen molar-refractivity contribution in [3.63, 3.8) is 0 Å². The number of rotatable bonds is 6. The van der Waals surface area contributed by atoms with Crippen molar-refractivity contribution >= 4 is 34.7 Å². The Balaban J connectivity index is 1.70. The highest BCUT2D eigenvalue weighted by molar-refractivity contribution is 8.00. The van der Waals surface area contributed by atoms with Gasteiger partial charge in [0, 0.05) is 31.2 Å². The van der Waals surface area contributed by atoms with Crippen LogP contribution < -0.4 is 5.32 Å². The second-order valence-corrected chi connectivity index (χ2v) is 8.62. The largest absolute Gasteiger partial charge is 0.356 e. The van der Waals surface area contributed by atoms with Crippen LogP contribution in [0, 0.1) is 6.92 Å². The van der Waals surface area contributed by atoms with E-state index in [1.165, 1.54) is 6.33 Å². The van der Waals surface area contributed by atoms with E-state index in [1.54, 1.807) is 24.2 Å². The average Bonchev–Trinajstić information content (AvgIpc) is 3.35. The number of anilines is 1. The first-order valence-corrected chi connectivity index (χ1v) is 11.3. The standard InChI is InChI=1S/C20H26N8OS/c1-5-15(20(29)28-7-8-30-13(28)4)25-17-16-19(24-11-23-17)27(6-2)18(26-16)14-9-21-12(3)22-10-14/h9-11,13,15H,5-8H2,1-4H3,(H,23,24,25). The van der Waals surface area contributed by atoms with E-state index in [0.717, 1.165) is 29.3 Å². The Morgan fingerprint density at radius 3 is 2.67 bits per heavy atom. The lowest BCUT2D eigenvalue weighted by molar-refractivity contribution is -0.131. The van der Waals surface area contributed by atoms with Crippen molar-refractivity contribution in [2.24, 2.45) is 0 Å². The van der Waals surface area contributed by atoms with Crippen molar-refractivity contribution in [2.45, 2.75) is 52.1 Å². The smallest absolute Gasteiger partial charge is 0.246 e. The molecular formula is C20H26N8OS. The van der Waals surface area contributed by atoms with Crippen LogP contribution in [-0.2, 0) is 11.3 Å². The molecule has 0 aromatic carbocycles. The lowest BCUT2D eigenvalue weighted by atomic mass is 10.2. The van der Waals surface area contributed by atoms with E-state index in [4.69, 9.17) is 4.98 Å². The van der Waals surface area contributed by atoms with E-state index in [1.807, 2.05) is 30.2 Å². The van der Waals surface area contributed by atoms with Gasteiger partial charge in [-0.05, 0) is 27.2 Å². The molecule has 158 valence electrons. The molecule has 1 fully saturated rings. The van der Waals surface area contributed by atoms with E-state index >= 15 is 0 Å². The number of nitrogens with one attached hydrogen (secondary N) is 1. The zero-order valence-electron chi connectivity index (χ0n) is 17.7. The van der Waals surface area contributed by atoms with Crippen molar-refractivity contribution in [3.05, 3.63) is 24.5 Å². The fourth-order valence-corrected chi connectivity index (χ4v) is 4.69. The third kappa shape index (κ3) is 3.71. The summed E-state index contributed by atoms with van der Waals surface area (Å²) in [5.41, 5.74) is 2.18. The third-order valence-electron chi connectivity index (χ3n) is 5.32. The molecule has 0 aliphatic carbocycles. The topological polar surface area (TPSA) is 102 Å². The molecule has 0 bridgehead atoms. The number of amides is 1. The zero-order valence-corrected chi connectivity index (χ0v) is 18.5. The van der Waals surface area contributed by atoms with Crippen molar-refractivity contribution in [2.75, 3.05) is 17.6 Å². The van der Waals surface area contributed by atoms with Gasteiger partial charge in [0.2, 0.25) is 5.91 Å². The highest BCUT2D eigenvalue weighted by atomic mass is 32.2. The molecule has 1 amide bonds. The lowest BCUT2D eigenvalue weighted by Gasteiger charge is -2.26. The fourth-order valence-electron chi connectivity index (χ4n) is 3.66. The van der Waals surface area contributed by atoms with E-state index in [0.29, 0.717) is 30.1 Å². The maximum Gasteiger partial charge on any atom is 0.246 e. The molecule has 0 saturated carbocycles. The Labute approximate surface area is 179 Å². The van der Waals surface area contributed by atoms with Gasteiger partial charge in [-0.3, -0.25) is 4.79 Å². The quantitative estimate of drug-likeness (QED) is 0.642. The van der Waals surface area contributed by atoms with Gasteiger partial charge in [0.15, 0.2) is 17.0 Å². The number of aryl methyl sites for hydroxylation is 2. The summed E-state index contributed by atoms with van der Waals surface area (Å²) in [5.74, 6) is 3.09. The molecule has 1 aliphatic rings. The second kappa shape index (κ2) is 8.55. The molecule has 3 aromatic rings. The Bertz CT molecular complexity index is 1050. The molecule has 2 atom stereocenters. The molecule has 1 N–H and O–H groups in total. The molecule has 3 aromatic heterocycles. The number of aromatic nitrogens is 6. The van der Waals surface area contributed by atoms with Crippen LogP contribution >= 0.6 is 11.8 Å². The van der Waals surface area contributed by atoms with Gasteiger partial charge in [0.25, 0.3) is 0 Å². The number of nitrogens with zero attached hydrogens (tertiary/aromatic N) is 7. The molecule has 30 heavy (non-hydrogen) atoms. The predicted molar refractivity (Wildman–Crippen MR) is 118 cm³/mol. The van der Waals surface area contributed by atoms with Crippen LogP contribution in [0.2, 0.25) is 0 Å². The molecule has 0 radical (unpaired) electrons. The van der Waals surface area contributed by atoms with Gasteiger partial charge in [-0.2, -0.15) is 0 Å². The molecule has 1 aliphatic heterocycles. The molecule has 1 saturated heterocycles. The summed E-state index contributed by atoms with van der Waals surface area (Å²) in [6, 6.07) is -0.359. The summed E-state index contributed by atoms with van der Waals surface area (Å²) in [7, 11) is 0. The summed E-state index contributed by atoms with van der Waals surface area (Å²) < 4.78 is 2.01. The summed E-state index contributed by atoms with van der Waals surface area (Å²) in [6.45, 7) is 9.44. The zero-order chi connectivity index (χ0) is 21.3. The SMILES string of the molecule is CCC(Nc1ncnc2c1nc(-c1cnc(C)nc1)n2CC)C(=O)N1CCSC1C. The van der Waals surface area contributed by atoms with Crippen molar-refractivity contribution in [1.82, 2.24) is 34.4 Å². The minimum absolute atomic E-state index is 0.101. The third-order valence-corrected chi connectivity index (χ3v) is 6.47. The van der Waals surface area contributed by atoms with Crippen LogP contribution in [0.25, 0.3) is 22.6 Å². The number of imidazole rings is 1. The Hall–Kier alpha value is -2.75. The van der Waals surface area contributed by atoms with Crippen LogP contribution in [-0.4, -0.2) is 64.0 Å². The van der Waals surface area contributed by atoms with Gasteiger partial charge >= 0.3 is 0 Å². The number of hydrogen-bond acceptors (Lipinski definition) is 8. The summed E-state index contributed by atoms with van der Waals surface area (Å²) >= 11 is 1.80. The molecule has 9 nitrogen and oxygen atoms in total. The number of fused-ring (bicyclic) bond motifs is 1. The minimum Gasteiger partial charge on any atom is -0.356 e. The van der Waals surface area contributed by atoms with Crippen LogP contribution in [0.4, 0.5) is 5.82 Å². The van der Waals surface area contributed by atoms with E-state index in [9.17, 15) is 4.79 Å². The number of hydrogen-bond donors (Lipinski definition) is 1. The Morgan fingerprint density at radius 2 is 2.03 bits per heavy atom. The van der Waals surface area contributed by atoms with Crippen LogP contribution in [0.5, 0.6) is 0 Å². The summed E-state index contributed by atoms with van der Waals surface area (Å²) in [4.78, 5) is 37.3. The van der Waals surface area contributed by atoms with E-state index < -0.39 is 0 Å². The summed E-state index contributed by atoms with van der Waals surface area (Å²) in [5, 5.41) is 3.54. The van der Waals surface area contributed by atoms with Gasteiger partial charge in [-0.25, -0.2) is 24.9 Å². The fraction of sp³-hybridized carbons (Fsp3) is 0.500. The van der Waals surface area contributed by atoms with Crippen molar-refractivity contribution in [1.29, 1.82) is 0 Å². The van der Waals surface area contributed by atoms with Gasteiger partial charge in [0.1, 0.15) is 24.0 Å². The van der Waals surface area contributed by atoms with Gasteiger partial charge in [-0.15, -0.1) is 11.8 Å². The molecule has 4 heterocycles. The van der Waals surface area contributed by atoms with Gasteiger partial charge in [-0.1, -0.05) is 6.92 Å². The van der Waals surface area contributed by atoms with Crippen LogP contribution in [0.1, 0.15) is 33.0 Å². The normalized spacial score (nSPS) is 17.5. The Kier molecular flexibility index (Phi) is 5.85.